The average Bonchev–Trinajstić information content (AvgIpc) is 3.52. The van der Waals surface area contributed by atoms with Crippen molar-refractivity contribution in [2.24, 2.45) is 5.92 Å². The molecule has 36 heavy (non-hydrogen) atoms. The molecule has 0 N–H and O–H groups in total. The van der Waals surface area contributed by atoms with Crippen LogP contribution in [0.2, 0.25) is 0 Å². The summed E-state index contributed by atoms with van der Waals surface area (Å²) >= 11 is 0. The van der Waals surface area contributed by atoms with Gasteiger partial charge in [0.05, 0.1) is 28.2 Å². The summed E-state index contributed by atoms with van der Waals surface area (Å²) in [6.07, 6.45) is 6.04. The number of fused-ring (bicyclic) bond motifs is 3. The third-order valence-electron chi connectivity index (χ3n) is 6.99. The molecule has 2 aromatic carbocycles. The number of nitrogens with zero attached hydrogens (tertiary/aromatic N) is 5. The fraction of sp³-hybridized carbons (Fsp3) is 0.222. The van der Waals surface area contributed by atoms with Crippen molar-refractivity contribution in [1.29, 1.82) is 5.26 Å². The zero-order valence-corrected chi connectivity index (χ0v) is 20.1. The molecular weight excluding hydrogens is 477 g/mol. The topological polar surface area (TPSA) is 93.6 Å². The molecule has 0 atom stereocenters. The number of hydrogen-bond acceptors (Lipinski definition) is 5. The van der Waals surface area contributed by atoms with Gasteiger partial charge in [-0.15, -0.1) is 0 Å². The Labute approximate surface area is 207 Å². The maximum absolute atomic E-state index is 14.9. The highest BCUT2D eigenvalue weighted by Gasteiger charge is 2.29. The fourth-order valence-corrected chi connectivity index (χ4v) is 6.52. The van der Waals surface area contributed by atoms with Gasteiger partial charge in [0.2, 0.25) is 0 Å². The molecule has 0 radical (unpaired) electrons. The molecule has 6 rings (SSSR count). The van der Waals surface area contributed by atoms with Crippen molar-refractivity contribution in [2.45, 2.75) is 36.6 Å². The number of pyridine rings is 1. The van der Waals surface area contributed by atoms with Gasteiger partial charge in [-0.25, -0.2) is 26.7 Å². The van der Waals surface area contributed by atoms with E-state index in [0.717, 1.165) is 31.2 Å². The molecule has 1 fully saturated rings. The summed E-state index contributed by atoms with van der Waals surface area (Å²) in [6, 6.07) is 18.8. The third kappa shape index (κ3) is 3.48. The van der Waals surface area contributed by atoms with E-state index in [1.54, 1.807) is 60.8 Å². The molecule has 3 heterocycles. The number of rotatable bonds is 4. The average molecular weight is 500 g/mol. The van der Waals surface area contributed by atoms with Crippen molar-refractivity contribution in [3.05, 3.63) is 78.9 Å². The lowest BCUT2D eigenvalue weighted by atomic mass is 9.86. The molecule has 0 saturated heterocycles. The predicted molar refractivity (Wildman–Crippen MR) is 134 cm³/mol. The van der Waals surface area contributed by atoms with E-state index in [1.165, 1.54) is 16.2 Å². The Morgan fingerprint density at radius 2 is 1.69 bits per heavy atom. The smallest absolute Gasteiger partial charge is 0.269 e. The molecule has 180 valence electrons. The Hall–Kier alpha value is -4.03. The molecule has 0 spiro atoms. The van der Waals surface area contributed by atoms with E-state index in [-0.39, 0.29) is 22.7 Å². The quantitative estimate of drug-likeness (QED) is 0.317. The highest BCUT2D eigenvalue weighted by Crippen LogP contribution is 2.40. The molecule has 0 bridgehead atoms. The Morgan fingerprint density at radius 3 is 2.42 bits per heavy atom. The summed E-state index contributed by atoms with van der Waals surface area (Å²) in [5.74, 6) is 0.108. The summed E-state index contributed by atoms with van der Waals surface area (Å²) in [5, 5.41) is 10.0. The number of imidazole rings is 1. The van der Waals surface area contributed by atoms with Gasteiger partial charge >= 0.3 is 0 Å². The van der Waals surface area contributed by atoms with Crippen LogP contribution in [0.25, 0.3) is 33.5 Å². The Kier molecular flexibility index (Phi) is 5.34. The standard InChI is InChI=1S/C27H22FN5O2S/c28-23-9-5-4-8-21(23)27-31-24-17-30-26-22(25(24)33(27)19-12-10-18(16-29)11-13-19)14-15-32(26)36(34,35)20-6-2-1-3-7-20/h1-9,14-15,17-19H,10-13H2. The molecular formula is C27H22FN5O2S. The van der Waals surface area contributed by atoms with Gasteiger partial charge in [0.1, 0.15) is 17.2 Å². The minimum Gasteiger partial charge on any atom is -0.320 e. The molecule has 1 aliphatic rings. The van der Waals surface area contributed by atoms with Crippen LogP contribution in [-0.4, -0.2) is 26.9 Å². The Morgan fingerprint density at radius 1 is 0.972 bits per heavy atom. The third-order valence-corrected chi connectivity index (χ3v) is 8.67. The van der Waals surface area contributed by atoms with E-state index in [1.807, 2.05) is 4.57 Å². The van der Waals surface area contributed by atoms with Gasteiger partial charge in [-0.1, -0.05) is 30.3 Å². The van der Waals surface area contributed by atoms with E-state index in [2.05, 4.69) is 11.1 Å². The minimum atomic E-state index is -3.86. The Balaban J connectivity index is 1.60. The Bertz CT molecular complexity index is 1740. The number of hydrogen-bond donors (Lipinski definition) is 0. The molecule has 3 aromatic heterocycles. The summed E-state index contributed by atoms with van der Waals surface area (Å²) in [4.78, 5) is 9.41. The van der Waals surface area contributed by atoms with Crippen LogP contribution in [0.15, 0.2) is 78.0 Å². The molecule has 1 saturated carbocycles. The van der Waals surface area contributed by atoms with Gasteiger partial charge in [0.25, 0.3) is 10.0 Å². The van der Waals surface area contributed by atoms with Crippen molar-refractivity contribution < 1.29 is 12.8 Å². The van der Waals surface area contributed by atoms with Crippen LogP contribution in [0.3, 0.4) is 0 Å². The van der Waals surface area contributed by atoms with Gasteiger partial charge in [-0.3, -0.25) is 0 Å². The normalized spacial score (nSPS) is 18.4. The number of aromatic nitrogens is 4. The molecule has 5 aromatic rings. The largest absolute Gasteiger partial charge is 0.320 e. The second-order valence-electron chi connectivity index (χ2n) is 9.08. The monoisotopic (exact) mass is 499 g/mol. The number of benzene rings is 2. The van der Waals surface area contributed by atoms with Crippen LogP contribution in [0.4, 0.5) is 4.39 Å². The lowest BCUT2D eigenvalue weighted by Crippen LogP contribution is -2.18. The van der Waals surface area contributed by atoms with Crippen LogP contribution in [0.5, 0.6) is 0 Å². The summed E-state index contributed by atoms with van der Waals surface area (Å²) < 4.78 is 44.9. The second kappa shape index (κ2) is 8.57. The SMILES string of the molecule is N#CC1CCC(n2c(-c3ccccc3F)nc3cnc4c(ccn4S(=O)(=O)c4ccccc4)c32)CC1. The van der Waals surface area contributed by atoms with Gasteiger partial charge in [0, 0.05) is 23.5 Å². The number of halogens is 1. The maximum atomic E-state index is 14.9. The minimum absolute atomic E-state index is 0.00566. The van der Waals surface area contributed by atoms with E-state index >= 15 is 0 Å². The van der Waals surface area contributed by atoms with Crippen molar-refractivity contribution in [2.75, 3.05) is 0 Å². The van der Waals surface area contributed by atoms with Gasteiger partial charge in [-0.05, 0) is 56.0 Å². The fourth-order valence-electron chi connectivity index (χ4n) is 5.20. The summed E-state index contributed by atoms with van der Waals surface area (Å²) in [5.41, 5.74) is 1.96. The lowest BCUT2D eigenvalue weighted by molar-refractivity contribution is 0.320. The van der Waals surface area contributed by atoms with Crippen molar-refractivity contribution >= 4 is 32.1 Å². The molecule has 9 heteroatoms. The molecule has 1 aliphatic carbocycles. The number of nitriles is 1. The molecule has 0 amide bonds. The highest BCUT2D eigenvalue weighted by atomic mass is 32.2. The van der Waals surface area contributed by atoms with Gasteiger partial charge < -0.3 is 4.57 Å². The molecule has 0 aliphatic heterocycles. The van der Waals surface area contributed by atoms with E-state index in [9.17, 15) is 18.1 Å². The first-order valence-electron chi connectivity index (χ1n) is 11.8. The van der Waals surface area contributed by atoms with Gasteiger partial charge in [-0.2, -0.15) is 5.26 Å². The van der Waals surface area contributed by atoms with E-state index in [0.29, 0.717) is 27.9 Å². The van der Waals surface area contributed by atoms with Crippen LogP contribution >= 0.6 is 0 Å². The van der Waals surface area contributed by atoms with Crippen LogP contribution in [0, 0.1) is 23.1 Å². The van der Waals surface area contributed by atoms with E-state index < -0.39 is 10.0 Å². The molecule has 0 unspecified atom stereocenters. The maximum Gasteiger partial charge on any atom is 0.269 e. The van der Waals surface area contributed by atoms with Gasteiger partial charge in [0.15, 0.2) is 5.65 Å². The lowest BCUT2D eigenvalue weighted by Gasteiger charge is -2.28. The van der Waals surface area contributed by atoms with Crippen LogP contribution in [-0.2, 0) is 10.0 Å². The predicted octanol–water partition coefficient (Wildman–Crippen LogP) is 5.68. The van der Waals surface area contributed by atoms with Crippen molar-refractivity contribution in [3.8, 4) is 17.5 Å². The van der Waals surface area contributed by atoms with Crippen LogP contribution < -0.4 is 0 Å². The summed E-state index contributed by atoms with van der Waals surface area (Å²) in [6.45, 7) is 0. The first-order chi connectivity index (χ1) is 17.5. The first kappa shape index (κ1) is 22.4. The molecule has 7 nitrogen and oxygen atoms in total. The first-order valence-corrected chi connectivity index (χ1v) is 13.3. The summed E-state index contributed by atoms with van der Waals surface area (Å²) in [7, 11) is -3.86. The van der Waals surface area contributed by atoms with Crippen LogP contribution in [0.1, 0.15) is 31.7 Å². The zero-order chi connectivity index (χ0) is 24.9. The zero-order valence-electron chi connectivity index (χ0n) is 19.3. The van der Waals surface area contributed by atoms with E-state index in [4.69, 9.17) is 4.98 Å². The van der Waals surface area contributed by atoms with Crippen molar-refractivity contribution in [3.63, 3.8) is 0 Å². The highest BCUT2D eigenvalue weighted by molar-refractivity contribution is 7.90. The van der Waals surface area contributed by atoms with Crippen molar-refractivity contribution in [1.82, 2.24) is 18.5 Å². The second-order valence-corrected chi connectivity index (χ2v) is 10.9.